The number of anilines is 1. The summed E-state index contributed by atoms with van der Waals surface area (Å²) in [5, 5.41) is 0. The highest BCUT2D eigenvalue weighted by Crippen LogP contribution is 1.87. The van der Waals surface area contributed by atoms with E-state index >= 15 is 0 Å². The van der Waals surface area contributed by atoms with Gasteiger partial charge in [0.15, 0.2) is 0 Å². The van der Waals surface area contributed by atoms with E-state index in [1.54, 1.807) is 0 Å². The van der Waals surface area contributed by atoms with Gasteiger partial charge in [0.25, 0.3) is 5.56 Å². The number of aromatic amines is 2. The maximum atomic E-state index is 10.7. The van der Waals surface area contributed by atoms with Gasteiger partial charge in [0.05, 0.1) is 0 Å². The molecule has 0 aliphatic heterocycles. The maximum absolute atomic E-state index is 10.7. The quantitative estimate of drug-likeness (QED) is 0.343. The fourth-order valence-corrected chi connectivity index (χ4v) is 0.665. The van der Waals surface area contributed by atoms with Crippen LogP contribution in [0.15, 0.2) is 15.7 Å². The molecule has 13 heavy (non-hydrogen) atoms. The number of carbonyl (C=O) groups is 1. The molecule has 8 heteroatoms. The van der Waals surface area contributed by atoms with E-state index in [4.69, 9.17) is 5.73 Å². The summed E-state index contributed by atoms with van der Waals surface area (Å²) in [6, 6.07) is 0.221. The number of H-pyrrole nitrogens is 2. The Bertz CT molecular complexity index is 390. The number of rotatable bonds is 2. The van der Waals surface area contributed by atoms with Crippen molar-refractivity contribution in [2.45, 2.75) is 0 Å². The standard InChI is InChI=1S/C5H7N5O3/c6-4(12)10-9-2-1-3(11)8-5(13)7-2/h1H,(H3,6,10,12)(H3,7,8,9,11,13). The Balaban J connectivity index is 2.84. The van der Waals surface area contributed by atoms with Gasteiger partial charge in [0, 0.05) is 6.07 Å². The number of primary amides is 1. The van der Waals surface area contributed by atoms with Crippen LogP contribution in [-0.4, -0.2) is 16.0 Å². The highest BCUT2D eigenvalue weighted by molar-refractivity contribution is 5.72. The van der Waals surface area contributed by atoms with E-state index < -0.39 is 17.3 Å². The maximum Gasteiger partial charge on any atom is 0.330 e. The number of nitrogens with two attached hydrogens (primary N) is 1. The average Bonchev–Trinajstić information content (AvgIpc) is 1.99. The van der Waals surface area contributed by atoms with Crippen molar-refractivity contribution in [2.24, 2.45) is 5.73 Å². The number of hydrogen-bond donors (Lipinski definition) is 5. The second kappa shape index (κ2) is 3.43. The van der Waals surface area contributed by atoms with E-state index in [2.05, 4.69) is 10.4 Å². The van der Waals surface area contributed by atoms with Gasteiger partial charge in [-0.25, -0.2) is 9.59 Å². The van der Waals surface area contributed by atoms with Gasteiger partial charge in [-0.2, -0.15) is 0 Å². The molecule has 0 aromatic carbocycles. The van der Waals surface area contributed by atoms with Gasteiger partial charge in [0.1, 0.15) is 5.82 Å². The summed E-state index contributed by atoms with van der Waals surface area (Å²) in [6.45, 7) is 0. The van der Waals surface area contributed by atoms with E-state index in [-0.39, 0.29) is 5.82 Å². The minimum absolute atomic E-state index is 0.0487. The predicted molar refractivity (Wildman–Crippen MR) is 44.0 cm³/mol. The Morgan fingerprint density at radius 3 is 2.62 bits per heavy atom. The second-order valence-corrected chi connectivity index (χ2v) is 2.12. The average molecular weight is 185 g/mol. The predicted octanol–water partition coefficient (Wildman–Crippen LogP) is -1.94. The smallest absolute Gasteiger partial charge is 0.330 e. The van der Waals surface area contributed by atoms with Crippen LogP contribution in [0.1, 0.15) is 0 Å². The zero-order valence-electron chi connectivity index (χ0n) is 6.38. The summed E-state index contributed by atoms with van der Waals surface area (Å²) >= 11 is 0. The summed E-state index contributed by atoms with van der Waals surface area (Å²) in [5.74, 6) is 0.0487. The molecule has 1 aromatic rings. The minimum Gasteiger partial charge on any atom is -0.350 e. The first-order valence-electron chi connectivity index (χ1n) is 3.23. The molecular weight excluding hydrogens is 178 g/mol. The summed E-state index contributed by atoms with van der Waals surface area (Å²) in [4.78, 5) is 35.7. The van der Waals surface area contributed by atoms with E-state index in [0.29, 0.717) is 0 Å². The van der Waals surface area contributed by atoms with Gasteiger partial charge in [-0.05, 0) is 0 Å². The van der Waals surface area contributed by atoms with E-state index in [1.165, 1.54) is 0 Å². The van der Waals surface area contributed by atoms with Crippen LogP contribution >= 0.6 is 0 Å². The fourth-order valence-electron chi connectivity index (χ4n) is 0.665. The van der Waals surface area contributed by atoms with Crippen LogP contribution in [0.4, 0.5) is 10.6 Å². The van der Waals surface area contributed by atoms with Crippen LogP contribution in [0.5, 0.6) is 0 Å². The molecule has 1 aromatic heterocycles. The first kappa shape index (κ1) is 8.84. The van der Waals surface area contributed by atoms with Crippen molar-refractivity contribution in [2.75, 3.05) is 5.43 Å². The van der Waals surface area contributed by atoms with Gasteiger partial charge < -0.3 is 5.73 Å². The lowest BCUT2D eigenvalue weighted by molar-refractivity contribution is 0.250. The molecule has 0 spiro atoms. The van der Waals surface area contributed by atoms with E-state index in [1.807, 2.05) is 10.4 Å². The Labute approximate surface area is 71.1 Å². The lowest BCUT2D eigenvalue weighted by Crippen LogP contribution is -2.36. The van der Waals surface area contributed by atoms with E-state index in [0.717, 1.165) is 6.07 Å². The van der Waals surface area contributed by atoms with Gasteiger partial charge >= 0.3 is 11.7 Å². The van der Waals surface area contributed by atoms with Gasteiger partial charge in [-0.15, -0.1) is 0 Å². The molecule has 0 unspecified atom stereocenters. The highest BCUT2D eigenvalue weighted by atomic mass is 16.2. The van der Waals surface area contributed by atoms with Crippen molar-refractivity contribution in [1.29, 1.82) is 0 Å². The summed E-state index contributed by atoms with van der Waals surface area (Å²) in [7, 11) is 0. The molecule has 1 rings (SSSR count). The fraction of sp³-hybridized carbons (Fsp3) is 0. The van der Waals surface area contributed by atoms with Gasteiger partial charge in [-0.3, -0.25) is 25.6 Å². The van der Waals surface area contributed by atoms with Crippen molar-refractivity contribution < 1.29 is 4.79 Å². The Hall–Kier alpha value is -2.25. The number of hydrogen-bond acceptors (Lipinski definition) is 4. The Kier molecular flexibility index (Phi) is 2.33. The molecule has 0 aliphatic carbocycles. The highest BCUT2D eigenvalue weighted by Gasteiger charge is 1.95. The molecule has 2 amide bonds. The molecule has 1 heterocycles. The van der Waals surface area contributed by atoms with Gasteiger partial charge in [0.2, 0.25) is 0 Å². The monoisotopic (exact) mass is 185 g/mol. The van der Waals surface area contributed by atoms with Gasteiger partial charge in [-0.1, -0.05) is 0 Å². The number of amides is 2. The summed E-state index contributed by atoms with van der Waals surface area (Å²) < 4.78 is 0. The van der Waals surface area contributed by atoms with Crippen LogP contribution in [0, 0.1) is 0 Å². The first-order valence-corrected chi connectivity index (χ1v) is 3.23. The zero-order valence-corrected chi connectivity index (χ0v) is 6.38. The molecule has 0 bridgehead atoms. The van der Waals surface area contributed by atoms with Crippen LogP contribution in [0.2, 0.25) is 0 Å². The first-order chi connectivity index (χ1) is 6.08. The van der Waals surface area contributed by atoms with Crippen LogP contribution in [0.25, 0.3) is 0 Å². The van der Waals surface area contributed by atoms with Crippen molar-refractivity contribution >= 4 is 11.8 Å². The minimum atomic E-state index is -0.832. The van der Waals surface area contributed by atoms with Crippen LogP contribution in [-0.2, 0) is 0 Å². The van der Waals surface area contributed by atoms with Crippen molar-refractivity contribution in [3.8, 4) is 0 Å². The number of urea groups is 1. The number of nitrogens with one attached hydrogen (secondary N) is 4. The van der Waals surface area contributed by atoms with Crippen molar-refractivity contribution in [3.63, 3.8) is 0 Å². The largest absolute Gasteiger partial charge is 0.350 e. The van der Waals surface area contributed by atoms with Crippen LogP contribution in [0.3, 0.4) is 0 Å². The number of hydrazine groups is 1. The summed E-state index contributed by atoms with van der Waals surface area (Å²) in [6.07, 6.45) is 0. The Morgan fingerprint density at radius 2 is 2.08 bits per heavy atom. The van der Waals surface area contributed by atoms with E-state index in [9.17, 15) is 14.4 Å². The molecule has 0 fully saturated rings. The molecule has 6 N–H and O–H groups in total. The van der Waals surface area contributed by atoms with Crippen LogP contribution < -0.4 is 27.8 Å². The lowest BCUT2D eigenvalue weighted by Gasteiger charge is -2.03. The Morgan fingerprint density at radius 1 is 1.38 bits per heavy atom. The summed E-state index contributed by atoms with van der Waals surface area (Å²) in [5.41, 5.74) is 7.67. The SMILES string of the molecule is NC(=O)NNc1cc(=O)[nH]c(=O)[nH]1. The molecule has 0 saturated carbocycles. The third-order valence-electron chi connectivity index (χ3n) is 1.08. The third-order valence-corrected chi connectivity index (χ3v) is 1.08. The molecule has 8 nitrogen and oxygen atoms in total. The molecular formula is C5H7N5O3. The third kappa shape index (κ3) is 2.69. The number of aromatic nitrogens is 2. The van der Waals surface area contributed by atoms with Crippen molar-refractivity contribution in [1.82, 2.24) is 15.4 Å². The second-order valence-electron chi connectivity index (χ2n) is 2.12. The normalized spacial score (nSPS) is 9.23. The molecule has 0 atom stereocenters. The zero-order chi connectivity index (χ0) is 9.84. The molecule has 0 saturated heterocycles. The number of carbonyl (C=O) groups excluding carboxylic acids is 1. The topological polar surface area (TPSA) is 133 Å². The molecule has 0 aliphatic rings. The molecule has 0 radical (unpaired) electrons. The molecule has 70 valence electrons. The lowest BCUT2D eigenvalue weighted by atomic mass is 10.6. The van der Waals surface area contributed by atoms with Crippen molar-refractivity contribution in [3.05, 3.63) is 26.9 Å².